The molecule has 1 aliphatic rings. The molecule has 2 unspecified atom stereocenters. The first kappa shape index (κ1) is 13.7. The molecule has 5 heteroatoms. The third kappa shape index (κ3) is 2.37. The summed E-state index contributed by atoms with van der Waals surface area (Å²) in [5, 5.41) is 0. The van der Waals surface area contributed by atoms with Gasteiger partial charge in [-0.1, -0.05) is 13.3 Å². The molecule has 0 amide bonds. The number of halogens is 1. The fourth-order valence-electron chi connectivity index (χ4n) is 2.96. The molecule has 4 nitrogen and oxygen atoms in total. The zero-order valence-corrected chi connectivity index (χ0v) is 12.7. The molecule has 108 valence electrons. The quantitative estimate of drug-likeness (QED) is 0.764. The number of hydrogen-bond donors (Lipinski definition) is 0. The Morgan fingerprint density at radius 3 is 2.95 bits per heavy atom. The number of aryl methyl sites for hydroxylation is 1. The molecule has 1 aliphatic carbocycles. The summed E-state index contributed by atoms with van der Waals surface area (Å²) in [7, 11) is 1.64. The maximum absolute atomic E-state index is 5.92. The minimum absolute atomic E-state index is 0.540. The maximum Gasteiger partial charge on any atom is 0.215 e. The van der Waals surface area contributed by atoms with Crippen LogP contribution in [0.25, 0.3) is 11.2 Å². The van der Waals surface area contributed by atoms with Gasteiger partial charge in [0.25, 0.3) is 0 Å². The number of ether oxygens (including phenoxy) is 1. The Morgan fingerprint density at radius 2 is 2.25 bits per heavy atom. The highest BCUT2D eigenvalue weighted by Crippen LogP contribution is 2.48. The molecular formula is C15H20ClN3O. The Bertz CT molecular complexity index is 610. The molecule has 2 atom stereocenters. The largest absolute Gasteiger partial charge is 0.481 e. The van der Waals surface area contributed by atoms with E-state index in [-0.39, 0.29) is 0 Å². The summed E-state index contributed by atoms with van der Waals surface area (Å²) in [5.41, 5.74) is 1.88. The SMILES string of the molecule is CCCC1CC1n1c(CCCl)nc2ccc(OC)nc21. The number of aromatic nitrogens is 3. The van der Waals surface area contributed by atoms with Crippen molar-refractivity contribution in [2.75, 3.05) is 13.0 Å². The smallest absolute Gasteiger partial charge is 0.215 e. The number of alkyl halides is 1. The zero-order valence-electron chi connectivity index (χ0n) is 12.0. The van der Waals surface area contributed by atoms with Crippen LogP contribution in [-0.4, -0.2) is 27.5 Å². The minimum atomic E-state index is 0.540. The summed E-state index contributed by atoms with van der Waals surface area (Å²) in [6, 6.07) is 4.38. The van der Waals surface area contributed by atoms with Crippen LogP contribution >= 0.6 is 11.6 Å². The van der Waals surface area contributed by atoms with E-state index in [2.05, 4.69) is 16.5 Å². The third-order valence-corrected chi connectivity index (χ3v) is 4.18. The van der Waals surface area contributed by atoms with E-state index in [4.69, 9.17) is 21.3 Å². The first-order valence-corrected chi connectivity index (χ1v) is 7.79. The molecule has 2 aromatic heterocycles. The molecule has 1 fully saturated rings. The van der Waals surface area contributed by atoms with E-state index < -0.39 is 0 Å². The predicted octanol–water partition coefficient (Wildman–Crippen LogP) is 3.58. The fourth-order valence-corrected chi connectivity index (χ4v) is 3.12. The van der Waals surface area contributed by atoms with Crippen LogP contribution < -0.4 is 4.74 Å². The topological polar surface area (TPSA) is 39.9 Å². The lowest BCUT2D eigenvalue weighted by Gasteiger charge is -2.08. The van der Waals surface area contributed by atoms with E-state index in [1.807, 2.05) is 12.1 Å². The van der Waals surface area contributed by atoms with Gasteiger partial charge in [0.05, 0.1) is 7.11 Å². The Hall–Kier alpha value is -1.29. The molecule has 1 saturated carbocycles. The van der Waals surface area contributed by atoms with Crippen LogP contribution in [0.4, 0.5) is 0 Å². The summed E-state index contributed by atoms with van der Waals surface area (Å²) in [4.78, 5) is 9.28. The van der Waals surface area contributed by atoms with Crippen molar-refractivity contribution >= 4 is 22.8 Å². The van der Waals surface area contributed by atoms with Crippen LogP contribution in [0.5, 0.6) is 5.88 Å². The van der Waals surface area contributed by atoms with Crippen molar-refractivity contribution < 1.29 is 4.74 Å². The zero-order chi connectivity index (χ0) is 14.1. The van der Waals surface area contributed by atoms with E-state index in [1.165, 1.54) is 19.3 Å². The Labute approximate surface area is 124 Å². The van der Waals surface area contributed by atoms with Crippen molar-refractivity contribution in [3.8, 4) is 5.88 Å². The van der Waals surface area contributed by atoms with Gasteiger partial charge in [-0.05, 0) is 24.8 Å². The molecule has 20 heavy (non-hydrogen) atoms. The van der Waals surface area contributed by atoms with Crippen molar-refractivity contribution in [1.82, 2.24) is 14.5 Å². The molecule has 0 N–H and O–H groups in total. The summed E-state index contributed by atoms with van der Waals surface area (Å²) in [5.74, 6) is 3.05. The fraction of sp³-hybridized carbons (Fsp3) is 0.600. The molecule has 0 aliphatic heterocycles. The van der Waals surface area contributed by atoms with Crippen LogP contribution in [-0.2, 0) is 6.42 Å². The molecular weight excluding hydrogens is 274 g/mol. The van der Waals surface area contributed by atoms with E-state index in [0.29, 0.717) is 17.8 Å². The maximum atomic E-state index is 5.92. The molecule has 0 aromatic carbocycles. The van der Waals surface area contributed by atoms with Gasteiger partial charge in [-0.2, -0.15) is 4.98 Å². The molecule has 0 bridgehead atoms. The summed E-state index contributed by atoms with van der Waals surface area (Å²) in [6.07, 6.45) is 4.52. The number of imidazole rings is 1. The van der Waals surface area contributed by atoms with Gasteiger partial charge in [0, 0.05) is 24.4 Å². The third-order valence-electron chi connectivity index (χ3n) is 3.99. The second-order valence-corrected chi connectivity index (χ2v) is 5.76. The molecule has 2 aromatic rings. The van der Waals surface area contributed by atoms with Crippen molar-refractivity contribution in [2.24, 2.45) is 5.92 Å². The van der Waals surface area contributed by atoms with Crippen molar-refractivity contribution in [3.05, 3.63) is 18.0 Å². The average molecular weight is 294 g/mol. The van der Waals surface area contributed by atoms with Crippen molar-refractivity contribution in [2.45, 2.75) is 38.6 Å². The summed E-state index contributed by atoms with van der Waals surface area (Å²) >= 11 is 5.92. The Morgan fingerprint density at radius 1 is 1.40 bits per heavy atom. The van der Waals surface area contributed by atoms with Crippen LogP contribution in [0.1, 0.15) is 38.1 Å². The van der Waals surface area contributed by atoms with Crippen LogP contribution in [0, 0.1) is 5.92 Å². The highest BCUT2D eigenvalue weighted by molar-refractivity contribution is 6.17. The second-order valence-electron chi connectivity index (χ2n) is 5.39. The van der Waals surface area contributed by atoms with E-state index >= 15 is 0 Å². The highest BCUT2D eigenvalue weighted by atomic mass is 35.5. The van der Waals surface area contributed by atoms with E-state index in [0.717, 1.165) is 29.3 Å². The minimum Gasteiger partial charge on any atom is -0.481 e. The first-order chi connectivity index (χ1) is 9.78. The van der Waals surface area contributed by atoms with Crippen LogP contribution in [0.3, 0.4) is 0 Å². The predicted molar refractivity (Wildman–Crippen MR) is 80.6 cm³/mol. The monoisotopic (exact) mass is 293 g/mol. The van der Waals surface area contributed by atoms with Crippen molar-refractivity contribution in [1.29, 1.82) is 0 Å². The van der Waals surface area contributed by atoms with E-state index in [9.17, 15) is 0 Å². The van der Waals surface area contributed by atoms with Gasteiger partial charge < -0.3 is 9.30 Å². The Kier molecular flexibility index (Phi) is 3.83. The number of methoxy groups -OCH3 is 1. The average Bonchev–Trinajstić information content (AvgIpc) is 3.11. The highest BCUT2D eigenvalue weighted by Gasteiger charge is 2.40. The number of nitrogens with zero attached hydrogens (tertiary/aromatic N) is 3. The normalized spacial score (nSPS) is 21.4. The van der Waals surface area contributed by atoms with Crippen molar-refractivity contribution in [3.63, 3.8) is 0 Å². The van der Waals surface area contributed by atoms with Gasteiger partial charge >= 0.3 is 0 Å². The number of hydrogen-bond acceptors (Lipinski definition) is 3. The molecule has 2 heterocycles. The summed E-state index contributed by atoms with van der Waals surface area (Å²) in [6.45, 7) is 2.24. The number of pyridine rings is 1. The van der Waals surface area contributed by atoms with Gasteiger partial charge in [-0.15, -0.1) is 11.6 Å². The van der Waals surface area contributed by atoms with Crippen LogP contribution in [0.15, 0.2) is 12.1 Å². The molecule has 0 spiro atoms. The first-order valence-electron chi connectivity index (χ1n) is 7.26. The molecule has 3 rings (SSSR count). The lowest BCUT2D eigenvalue weighted by Crippen LogP contribution is -2.05. The van der Waals surface area contributed by atoms with Gasteiger partial charge in [0.15, 0.2) is 5.65 Å². The lowest BCUT2D eigenvalue weighted by atomic mass is 10.2. The summed E-state index contributed by atoms with van der Waals surface area (Å²) < 4.78 is 7.53. The van der Waals surface area contributed by atoms with Gasteiger partial charge in [-0.3, -0.25) is 0 Å². The second kappa shape index (κ2) is 5.60. The Balaban J connectivity index is 2.03. The number of fused-ring (bicyclic) bond motifs is 1. The van der Waals surface area contributed by atoms with Gasteiger partial charge in [-0.25, -0.2) is 4.98 Å². The molecule has 0 radical (unpaired) electrons. The number of rotatable bonds is 6. The molecule has 0 saturated heterocycles. The lowest BCUT2D eigenvalue weighted by molar-refractivity contribution is 0.398. The van der Waals surface area contributed by atoms with Gasteiger partial charge in [0.1, 0.15) is 11.3 Å². The standard InChI is InChI=1S/C15H20ClN3O/c1-3-4-10-9-12(10)19-13(7-8-16)17-11-5-6-14(20-2)18-15(11)19/h5-6,10,12H,3-4,7-9H2,1-2H3. The van der Waals surface area contributed by atoms with E-state index in [1.54, 1.807) is 7.11 Å². The van der Waals surface area contributed by atoms with Crippen LogP contribution in [0.2, 0.25) is 0 Å². The van der Waals surface area contributed by atoms with Gasteiger partial charge in [0.2, 0.25) is 5.88 Å².